The first-order chi connectivity index (χ1) is 8.22. The first kappa shape index (κ1) is 12.3. The molecule has 0 fully saturated rings. The van der Waals surface area contributed by atoms with E-state index < -0.39 is 0 Å². The monoisotopic (exact) mass is 293 g/mol. The van der Waals surface area contributed by atoms with Gasteiger partial charge in [-0.15, -0.1) is 0 Å². The van der Waals surface area contributed by atoms with Crippen LogP contribution >= 0.6 is 15.9 Å². The van der Waals surface area contributed by atoms with Crippen LogP contribution in [0.15, 0.2) is 34.9 Å². The summed E-state index contributed by atoms with van der Waals surface area (Å²) in [7, 11) is 1.95. The number of hydrogen-bond acceptors (Lipinski definition) is 2. The molecule has 1 aromatic heterocycles. The van der Waals surface area contributed by atoms with E-state index in [0.29, 0.717) is 0 Å². The van der Waals surface area contributed by atoms with E-state index in [-0.39, 0.29) is 0 Å². The van der Waals surface area contributed by atoms with Gasteiger partial charge in [0.25, 0.3) is 0 Å². The lowest BCUT2D eigenvalue weighted by atomic mass is 10.2. The molecule has 0 spiro atoms. The van der Waals surface area contributed by atoms with Gasteiger partial charge in [-0.25, -0.2) is 4.98 Å². The van der Waals surface area contributed by atoms with Crippen LogP contribution in [0.4, 0.5) is 0 Å². The molecule has 0 aliphatic carbocycles. The SMILES string of the molecule is CNCc1cnc(C)n1Cc1ccccc1Br. The number of aryl methyl sites for hydroxylation is 1. The Labute approximate surface area is 110 Å². The van der Waals surface area contributed by atoms with Gasteiger partial charge in [0.15, 0.2) is 0 Å². The predicted molar refractivity (Wildman–Crippen MR) is 73.0 cm³/mol. The molecule has 90 valence electrons. The number of aromatic nitrogens is 2. The normalized spacial score (nSPS) is 10.8. The van der Waals surface area contributed by atoms with E-state index in [4.69, 9.17) is 0 Å². The molecule has 0 aliphatic rings. The van der Waals surface area contributed by atoms with Gasteiger partial charge in [0, 0.05) is 17.2 Å². The molecule has 0 atom stereocenters. The van der Waals surface area contributed by atoms with E-state index in [1.807, 2.05) is 26.2 Å². The Bertz CT molecular complexity index is 505. The van der Waals surface area contributed by atoms with Crippen molar-refractivity contribution in [3.63, 3.8) is 0 Å². The summed E-state index contributed by atoms with van der Waals surface area (Å²) in [6, 6.07) is 8.29. The third kappa shape index (κ3) is 2.76. The van der Waals surface area contributed by atoms with Gasteiger partial charge in [0.1, 0.15) is 5.82 Å². The summed E-state index contributed by atoms with van der Waals surface area (Å²) in [6.45, 7) is 3.73. The van der Waals surface area contributed by atoms with Gasteiger partial charge >= 0.3 is 0 Å². The van der Waals surface area contributed by atoms with E-state index in [0.717, 1.165) is 23.4 Å². The average Bonchev–Trinajstić information content (AvgIpc) is 2.65. The smallest absolute Gasteiger partial charge is 0.106 e. The molecule has 0 radical (unpaired) electrons. The molecule has 0 bridgehead atoms. The van der Waals surface area contributed by atoms with E-state index in [9.17, 15) is 0 Å². The molecule has 0 unspecified atom stereocenters. The zero-order valence-corrected chi connectivity index (χ0v) is 11.7. The summed E-state index contributed by atoms with van der Waals surface area (Å²) >= 11 is 3.58. The summed E-state index contributed by atoms with van der Waals surface area (Å²) in [6.07, 6.45) is 1.93. The number of rotatable bonds is 4. The second-order valence-corrected chi connectivity index (χ2v) is 4.86. The van der Waals surface area contributed by atoms with Crippen LogP contribution in [0.3, 0.4) is 0 Å². The van der Waals surface area contributed by atoms with E-state index in [1.54, 1.807) is 0 Å². The van der Waals surface area contributed by atoms with Crippen molar-refractivity contribution in [2.75, 3.05) is 7.05 Å². The number of benzene rings is 1. The van der Waals surface area contributed by atoms with E-state index >= 15 is 0 Å². The molecule has 1 heterocycles. The lowest BCUT2D eigenvalue weighted by Gasteiger charge is -2.11. The van der Waals surface area contributed by atoms with Gasteiger partial charge in [-0.2, -0.15) is 0 Å². The van der Waals surface area contributed by atoms with E-state index in [1.165, 1.54) is 11.3 Å². The van der Waals surface area contributed by atoms with Gasteiger partial charge in [0.2, 0.25) is 0 Å². The van der Waals surface area contributed by atoms with Crippen molar-refractivity contribution in [2.45, 2.75) is 20.0 Å². The van der Waals surface area contributed by atoms with Crippen LogP contribution in [0, 0.1) is 6.92 Å². The lowest BCUT2D eigenvalue weighted by Crippen LogP contribution is -2.13. The minimum absolute atomic E-state index is 0.839. The maximum absolute atomic E-state index is 4.37. The number of imidazole rings is 1. The Hall–Kier alpha value is -1.13. The summed E-state index contributed by atoms with van der Waals surface area (Å²) in [5, 5.41) is 3.17. The summed E-state index contributed by atoms with van der Waals surface area (Å²) < 4.78 is 3.37. The van der Waals surface area contributed by atoms with Gasteiger partial charge in [-0.05, 0) is 25.6 Å². The van der Waals surface area contributed by atoms with Crippen LogP contribution in [0.25, 0.3) is 0 Å². The van der Waals surface area contributed by atoms with Crippen molar-refractivity contribution in [3.05, 3.63) is 52.0 Å². The molecule has 2 rings (SSSR count). The quantitative estimate of drug-likeness (QED) is 0.939. The second kappa shape index (κ2) is 5.47. The first-order valence-corrected chi connectivity index (χ1v) is 6.40. The average molecular weight is 294 g/mol. The standard InChI is InChI=1S/C13H16BrN3/c1-10-16-8-12(7-15-2)17(10)9-11-5-3-4-6-13(11)14/h3-6,8,15H,7,9H2,1-2H3. The fourth-order valence-electron chi connectivity index (χ4n) is 1.85. The van der Waals surface area contributed by atoms with E-state index in [2.05, 4.69) is 49.0 Å². The lowest BCUT2D eigenvalue weighted by molar-refractivity contribution is 0.675. The Kier molecular flexibility index (Phi) is 3.97. The van der Waals surface area contributed by atoms with Crippen molar-refractivity contribution in [1.82, 2.24) is 14.9 Å². The van der Waals surface area contributed by atoms with Crippen molar-refractivity contribution in [1.29, 1.82) is 0 Å². The summed E-state index contributed by atoms with van der Waals surface area (Å²) in [5.41, 5.74) is 2.48. The molecule has 2 aromatic rings. The predicted octanol–water partition coefficient (Wildman–Crippen LogP) is 2.72. The third-order valence-electron chi connectivity index (χ3n) is 2.78. The van der Waals surface area contributed by atoms with Crippen LogP contribution in [0.1, 0.15) is 17.1 Å². The second-order valence-electron chi connectivity index (χ2n) is 4.00. The van der Waals surface area contributed by atoms with Gasteiger partial charge in [-0.3, -0.25) is 0 Å². The summed E-state index contributed by atoms with van der Waals surface area (Å²) in [4.78, 5) is 4.37. The fraction of sp³-hybridized carbons (Fsp3) is 0.308. The number of nitrogens with one attached hydrogen (secondary N) is 1. The van der Waals surface area contributed by atoms with Crippen molar-refractivity contribution >= 4 is 15.9 Å². The molecular formula is C13H16BrN3. The topological polar surface area (TPSA) is 29.9 Å². The van der Waals surface area contributed by atoms with Crippen molar-refractivity contribution in [2.24, 2.45) is 0 Å². The van der Waals surface area contributed by atoms with Crippen LogP contribution in [0.5, 0.6) is 0 Å². The van der Waals surface area contributed by atoms with Gasteiger partial charge < -0.3 is 9.88 Å². The highest BCUT2D eigenvalue weighted by Crippen LogP contribution is 2.18. The van der Waals surface area contributed by atoms with Crippen molar-refractivity contribution < 1.29 is 0 Å². The largest absolute Gasteiger partial charge is 0.327 e. The number of hydrogen-bond donors (Lipinski definition) is 1. The molecule has 0 amide bonds. The van der Waals surface area contributed by atoms with Crippen LogP contribution in [0.2, 0.25) is 0 Å². The summed E-state index contributed by atoms with van der Waals surface area (Å²) in [5.74, 6) is 1.05. The highest BCUT2D eigenvalue weighted by Gasteiger charge is 2.07. The maximum atomic E-state index is 4.37. The Morgan fingerprint density at radius 3 is 2.82 bits per heavy atom. The molecule has 3 nitrogen and oxygen atoms in total. The Morgan fingerprint density at radius 1 is 1.35 bits per heavy atom. The highest BCUT2D eigenvalue weighted by atomic mass is 79.9. The zero-order chi connectivity index (χ0) is 12.3. The molecule has 4 heteroatoms. The molecule has 0 saturated carbocycles. The van der Waals surface area contributed by atoms with Crippen molar-refractivity contribution in [3.8, 4) is 0 Å². The minimum atomic E-state index is 0.839. The molecular weight excluding hydrogens is 278 g/mol. The van der Waals surface area contributed by atoms with Gasteiger partial charge in [0.05, 0.1) is 12.2 Å². The minimum Gasteiger partial charge on any atom is -0.327 e. The highest BCUT2D eigenvalue weighted by molar-refractivity contribution is 9.10. The van der Waals surface area contributed by atoms with Gasteiger partial charge in [-0.1, -0.05) is 34.1 Å². The molecule has 0 saturated heterocycles. The number of halogens is 1. The zero-order valence-electron chi connectivity index (χ0n) is 10.1. The van der Waals surface area contributed by atoms with Crippen LogP contribution < -0.4 is 5.32 Å². The number of nitrogens with zero attached hydrogens (tertiary/aromatic N) is 2. The van der Waals surface area contributed by atoms with Crippen LogP contribution in [-0.4, -0.2) is 16.6 Å². The van der Waals surface area contributed by atoms with Crippen LogP contribution in [-0.2, 0) is 13.1 Å². The Morgan fingerprint density at radius 2 is 2.12 bits per heavy atom. The molecule has 1 aromatic carbocycles. The third-order valence-corrected chi connectivity index (χ3v) is 3.56. The maximum Gasteiger partial charge on any atom is 0.106 e. The molecule has 17 heavy (non-hydrogen) atoms. The fourth-order valence-corrected chi connectivity index (χ4v) is 2.26. The Balaban J connectivity index is 2.29. The molecule has 1 N–H and O–H groups in total. The molecule has 0 aliphatic heterocycles. The first-order valence-electron chi connectivity index (χ1n) is 5.61.